The summed E-state index contributed by atoms with van der Waals surface area (Å²) in [6, 6.07) is 5.13. The van der Waals surface area contributed by atoms with E-state index in [2.05, 4.69) is 10.3 Å². The fourth-order valence-corrected chi connectivity index (χ4v) is 2.56. The summed E-state index contributed by atoms with van der Waals surface area (Å²) in [5, 5.41) is 11.8. The van der Waals surface area contributed by atoms with Gasteiger partial charge in [0.2, 0.25) is 5.91 Å². The van der Waals surface area contributed by atoms with Crippen molar-refractivity contribution in [2.24, 2.45) is 11.8 Å². The largest absolute Gasteiger partial charge is 0.481 e. The van der Waals surface area contributed by atoms with Crippen molar-refractivity contribution in [3.05, 3.63) is 36.5 Å². The highest BCUT2D eigenvalue weighted by Gasteiger charge is 2.53. The monoisotopic (exact) mass is 260 g/mol. The summed E-state index contributed by atoms with van der Waals surface area (Å²) in [7, 11) is 0. The van der Waals surface area contributed by atoms with Crippen LogP contribution in [0.15, 0.2) is 36.5 Å². The van der Waals surface area contributed by atoms with Gasteiger partial charge in [-0.2, -0.15) is 0 Å². The third-order valence-corrected chi connectivity index (χ3v) is 3.40. The second-order valence-corrected chi connectivity index (χ2v) is 4.54. The number of carbonyl (C=O) groups excluding carboxylic acids is 1. The highest BCUT2D eigenvalue weighted by molar-refractivity contribution is 5.96. The van der Waals surface area contributed by atoms with Gasteiger partial charge in [0.1, 0.15) is 11.7 Å². The Morgan fingerprint density at radius 2 is 1.95 bits per heavy atom. The second-order valence-electron chi connectivity index (χ2n) is 4.54. The number of anilines is 1. The highest BCUT2D eigenvalue weighted by Crippen LogP contribution is 2.39. The first kappa shape index (κ1) is 11.9. The van der Waals surface area contributed by atoms with E-state index in [4.69, 9.17) is 4.74 Å². The molecule has 2 aliphatic heterocycles. The number of carboxylic acids is 1. The van der Waals surface area contributed by atoms with Crippen molar-refractivity contribution in [1.29, 1.82) is 0 Å². The zero-order valence-corrected chi connectivity index (χ0v) is 9.89. The van der Waals surface area contributed by atoms with Crippen molar-refractivity contribution in [3.8, 4) is 0 Å². The summed E-state index contributed by atoms with van der Waals surface area (Å²) in [6.45, 7) is 0. The van der Waals surface area contributed by atoms with Crippen LogP contribution in [-0.2, 0) is 14.3 Å². The standard InChI is InChI=1S/C13H12N2O4/c16-12(15-9-3-1-2-6-14-9)10-7-4-5-8(19-7)11(10)13(17)18/h1-8,10-11H,(H,17,18)(H,14,15,16)/t7-,8+,10-,11+/m1/s1. The first-order chi connectivity index (χ1) is 9.16. The lowest BCUT2D eigenvalue weighted by atomic mass is 9.82. The zero-order valence-electron chi connectivity index (χ0n) is 9.89. The van der Waals surface area contributed by atoms with E-state index in [9.17, 15) is 14.7 Å². The molecular formula is C13H12N2O4. The fraction of sp³-hybridized carbons (Fsp3) is 0.308. The van der Waals surface area contributed by atoms with E-state index >= 15 is 0 Å². The van der Waals surface area contributed by atoms with Gasteiger partial charge in [0, 0.05) is 6.20 Å². The molecule has 2 bridgehead atoms. The van der Waals surface area contributed by atoms with Crippen LogP contribution in [0.5, 0.6) is 0 Å². The van der Waals surface area contributed by atoms with Gasteiger partial charge in [-0.25, -0.2) is 4.98 Å². The molecule has 1 aromatic rings. The van der Waals surface area contributed by atoms with E-state index in [1.165, 1.54) is 0 Å². The number of nitrogens with zero attached hydrogens (tertiary/aromatic N) is 1. The van der Waals surface area contributed by atoms with E-state index in [1.54, 1.807) is 36.5 Å². The van der Waals surface area contributed by atoms with Gasteiger partial charge in [-0.3, -0.25) is 9.59 Å². The van der Waals surface area contributed by atoms with Gasteiger partial charge in [-0.1, -0.05) is 18.2 Å². The Bertz CT molecular complexity index is 543. The summed E-state index contributed by atoms with van der Waals surface area (Å²) in [5.74, 6) is -2.53. The Labute approximate surface area is 109 Å². The molecule has 1 amide bonds. The molecule has 1 saturated heterocycles. The zero-order chi connectivity index (χ0) is 13.4. The number of carboxylic acid groups (broad SMARTS) is 1. The molecule has 6 nitrogen and oxygen atoms in total. The number of carbonyl (C=O) groups is 2. The van der Waals surface area contributed by atoms with Gasteiger partial charge in [0.05, 0.1) is 18.1 Å². The molecular weight excluding hydrogens is 248 g/mol. The lowest BCUT2D eigenvalue weighted by Crippen LogP contribution is -2.39. The van der Waals surface area contributed by atoms with E-state index in [0.29, 0.717) is 5.82 Å². The van der Waals surface area contributed by atoms with E-state index in [-0.39, 0.29) is 5.91 Å². The molecule has 0 aromatic carbocycles. The van der Waals surface area contributed by atoms with Gasteiger partial charge in [-0.05, 0) is 12.1 Å². The van der Waals surface area contributed by atoms with Crippen molar-refractivity contribution < 1.29 is 19.4 Å². The van der Waals surface area contributed by atoms with Crippen LogP contribution in [0.25, 0.3) is 0 Å². The quantitative estimate of drug-likeness (QED) is 0.780. The van der Waals surface area contributed by atoms with Gasteiger partial charge < -0.3 is 15.2 Å². The predicted octanol–water partition coefficient (Wildman–Crippen LogP) is 0.674. The minimum Gasteiger partial charge on any atom is -0.481 e. The number of fused-ring (bicyclic) bond motifs is 2. The lowest BCUT2D eigenvalue weighted by Gasteiger charge is -2.20. The average Bonchev–Trinajstić information content (AvgIpc) is 2.99. The Morgan fingerprint density at radius 3 is 2.58 bits per heavy atom. The molecule has 0 aliphatic carbocycles. The van der Waals surface area contributed by atoms with Crippen molar-refractivity contribution in [3.63, 3.8) is 0 Å². The van der Waals surface area contributed by atoms with E-state index in [0.717, 1.165) is 0 Å². The molecule has 19 heavy (non-hydrogen) atoms. The number of aliphatic carboxylic acids is 1. The molecule has 0 unspecified atom stereocenters. The number of pyridine rings is 1. The second kappa shape index (κ2) is 4.47. The average molecular weight is 260 g/mol. The number of hydrogen-bond acceptors (Lipinski definition) is 4. The number of hydrogen-bond donors (Lipinski definition) is 2. The Morgan fingerprint density at radius 1 is 1.21 bits per heavy atom. The van der Waals surface area contributed by atoms with Gasteiger partial charge in [0.25, 0.3) is 0 Å². The van der Waals surface area contributed by atoms with Gasteiger partial charge in [0.15, 0.2) is 0 Å². The topological polar surface area (TPSA) is 88.5 Å². The maximum atomic E-state index is 12.2. The van der Waals surface area contributed by atoms with Crippen LogP contribution in [0.1, 0.15) is 0 Å². The number of ether oxygens (including phenoxy) is 1. The molecule has 0 spiro atoms. The minimum atomic E-state index is -1.02. The minimum absolute atomic E-state index is 0.372. The highest BCUT2D eigenvalue weighted by atomic mass is 16.5. The molecule has 2 aliphatic rings. The predicted molar refractivity (Wildman–Crippen MR) is 65.3 cm³/mol. The first-order valence-electron chi connectivity index (χ1n) is 5.95. The molecule has 2 N–H and O–H groups in total. The van der Waals surface area contributed by atoms with Gasteiger partial charge >= 0.3 is 5.97 Å². The van der Waals surface area contributed by atoms with Crippen LogP contribution in [0.3, 0.4) is 0 Å². The first-order valence-corrected chi connectivity index (χ1v) is 5.95. The molecule has 6 heteroatoms. The fourth-order valence-electron chi connectivity index (χ4n) is 2.56. The molecule has 1 aromatic heterocycles. The number of aromatic nitrogens is 1. The molecule has 4 atom stereocenters. The van der Waals surface area contributed by atoms with Gasteiger partial charge in [-0.15, -0.1) is 0 Å². The number of amides is 1. The smallest absolute Gasteiger partial charge is 0.310 e. The molecule has 3 heterocycles. The third-order valence-electron chi connectivity index (χ3n) is 3.40. The van der Waals surface area contributed by atoms with Crippen molar-refractivity contribution in [2.45, 2.75) is 12.2 Å². The Kier molecular flexibility index (Phi) is 2.79. The third kappa shape index (κ3) is 2.00. The summed E-state index contributed by atoms with van der Waals surface area (Å²) >= 11 is 0. The molecule has 0 radical (unpaired) electrons. The summed E-state index contributed by atoms with van der Waals surface area (Å²) < 4.78 is 5.44. The van der Waals surface area contributed by atoms with Crippen molar-refractivity contribution >= 4 is 17.7 Å². The van der Waals surface area contributed by atoms with E-state index in [1.807, 2.05) is 0 Å². The van der Waals surface area contributed by atoms with Crippen LogP contribution < -0.4 is 5.32 Å². The van der Waals surface area contributed by atoms with Crippen molar-refractivity contribution in [2.75, 3.05) is 5.32 Å². The normalized spacial score (nSPS) is 31.4. The maximum absolute atomic E-state index is 12.2. The summed E-state index contributed by atoms with van der Waals surface area (Å²) in [6.07, 6.45) is 4.03. The Hall–Kier alpha value is -2.21. The van der Waals surface area contributed by atoms with E-state index < -0.39 is 30.0 Å². The molecule has 3 rings (SSSR count). The summed E-state index contributed by atoms with van der Waals surface area (Å²) in [4.78, 5) is 27.4. The molecule has 1 fully saturated rings. The van der Waals surface area contributed by atoms with Crippen LogP contribution >= 0.6 is 0 Å². The summed E-state index contributed by atoms with van der Waals surface area (Å²) in [5.41, 5.74) is 0. The molecule has 98 valence electrons. The SMILES string of the molecule is O=C(O)[C@@H]1[C@H](C(=O)Nc2ccccn2)[C@H]2C=C[C@@H]1O2. The van der Waals surface area contributed by atoms with Crippen LogP contribution in [0.2, 0.25) is 0 Å². The van der Waals surface area contributed by atoms with Crippen LogP contribution in [-0.4, -0.2) is 34.2 Å². The van der Waals surface area contributed by atoms with Crippen LogP contribution in [0.4, 0.5) is 5.82 Å². The number of rotatable bonds is 3. The van der Waals surface area contributed by atoms with Crippen LogP contribution in [0, 0.1) is 11.8 Å². The maximum Gasteiger partial charge on any atom is 0.310 e. The molecule has 0 saturated carbocycles. The lowest BCUT2D eigenvalue weighted by molar-refractivity contribution is -0.145. The van der Waals surface area contributed by atoms with Crippen molar-refractivity contribution in [1.82, 2.24) is 4.98 Å². The Balaban J connectivity index is 1.79. The number of nitrogens with one attached hydrogen (secondary N) is 1.